The van der Waals surface area contributed by atoms with E-state index in [0.29, 0.717) is 17.8 Å². The van der Waals surface area contributed by atoms with Crippen LogP contribution in [0.5, 0.6) is 0 Å². The maximum absolute atomic E-state index is 12.6. The van der Waals surface area contributed by atoms with Gasteiger partial charge in [0.1, 0.15) is 0 Å². The second-order valence-corrected chi connectivity index (χ2v) is 7.99. The van der Waals surface area contributed by atoms with Crippen LogP contribution in [0.4, 0.5) is 0 Å². The number of carbonyl (C=O) groups is 1. The predicted molar refractivity (Wildman–Crippen MR) is 101 cm³/mol. The largest absolute Gasteiger partial charge is 0.343 e. The summed E-state index contributed by atoms with van der Waals surface area (Å²) in [5, 5.41) is 8.61. The fourth-order valence-electron chi connectivity index (χ4n) is 4.39. The first-order chi connectivity index (χ1) is 12.1. The smallest absolute Gasteiger partial charge is 0.274 e. The van der Waals surface area contributed by atoms with Gasteiger partial charge in [-0.3, -0.25) is 9.48 Å². The fraction of sp³-hybridized carbons (Fsp3) is 0.800. The molecule has 1 atom stereocenters. The van der Waals surface area contributed by atoms with E-state index in [1.807, 2.05) is 14.1 Å². The average molecular weight is 347 g/mol. The molecular formula is C20H34N4O. The molecule has 1 heterocycles. The van der Waals surface area contributed by atoms with Crippen LogP contribution < -0.4 is 5.32 Å². The number of amides is 1. The van der Waals surface area contributed by atoms with Gasteiger partial charge in [0, 0.05) is 44.0 Å². The number of carbonyl (C=O) groups excluding carboxylic acids is 1. The van der Waals surface area contributed by atoms with Crippen LogP contribution in [0, 0.1) is 0 Å². The van der Waals surface area contributed by atoms with Gasteiger partial charge >= 0.3 is 0 Å². The summed E-state index contributed by atoms with van der Waals surface area (Å²) in [6.45, 7) is 3.07. The molecule has 0 spiro atoms. The van der Waals surface area contributed by atoms with E-state index in [0.717, 1.165) is 32.2 Å². The van der Waals surface area contributed by atoms with Crippen molar-refractivity contribution in [3.05, 3.63) is 17.0 Å². The van der Waals surface area contributed by atoms with Gasteiger partial charge in [-0.15, -0.1) is 0 Å². The lowest BCUT2D eigenvalue weighted by Crippen LogP contribution is -2.42. The fourth-order valence-corrected chi connectivity index (χ4v) is 4.39. The Balaban J connectivity index is 1.77. The van der Waals surface area contributed by atoms with Crippen LogP contribution >= 0.6 is 0 Å². The number of nitrogens with zero attached hydrogens (tertiary/aromatic N) is 3. The minimum Gasteiger partial charge on any atom is -0.343 e. The highest BCUT2D eigenvalue weighted by atomic mass is 16.2. The van der Waals surface area contributed by atoms with E-state index < -0.39 is 0 Å². The second kappa shape index (κ2) is 8.35. The molecule has 1 fully saturated rings. The Hall–Kier alpha value is -1.36. The van der Waals surface area contributed by atoms with Crippen LogP contribution in [0.2, 0.25) is 0 Å². The Labute approximate surface area is 152 Å². The third kappa shape index (κ3) is 4.25. The molecule has 1 amide bonds. The molecule has 1 saturated carbocycles. The van der Waals surface area contributed by atoms with Crippen molar-refractivity contribution in [1.29, 1.82) is 0 Å². The molecule has 0 radical (unpaired) electrons. The number of hydrogen-bond acceptors (Lipinski definition) is 3. The van der Waals surface area contributed by atoms with Crippen LogP contribution in [0.25, 0.3) is 0 Å². The van der Waals surface area contributed by atoms with E-state index in [-0.39, 0.29) is 5.91 Å². The Morgan fingerprint density at radius 1 is 1.16 bits per heavy atom. The van der Waals surface area contributed by atoms with Crippen LogP contribution in [-0.2, 0) is 19.4 Å². The van der Waals surface area contributed by atoms with Crippen molar-refractivity contribution in [3.8, 4) is 0 Å². The van der Waals surface area contributed by atoms with E-state index in [1.54, 1.807) is 4.90 Å². The summed E-state index contributed by atoms with van der Waals surface area (Å²) in [5.41, 5.74) is 3.18. The van der Waals surface area contributed by atoms with E-state index in [2.05, 4.69) is 16.9 Å². The molecule has 2 aliphatic carbocycles. The third-order valence-corrected chi connectivity index (χ3v) is 5.72. The summed E-state index contributed by atoms with van der Waals surface area (Å²) in [5.74, 6) is 0.0428. The Morgan fingerprint density at radius 2 is 1.88 bits per heavy atom. The monoisotopic (exact) mass is 346 g/mol. The van der Waals surface area contributed by atoms with Gasteiger partial charge in [0.15, 0.2) is 5.69 Å². The summed E-state index contributed by atoms with van der Waals surface area (Å²) in [7, 11) is 3.63. The summed E-state index contributed by atoms with van der Waals surface area (Å²) < 4.78 is 2.09. The lowest BCUT2D eigenvalue weighted by atomic mass is 9.90. The van der Waals surface area contributed by atoms with Crippen molar-refractivity contribution >= 4 is 5.91 Å². The number of rotatable bonds is 5. The van der Waals surface area contributed by atoms with Crippen molar-refractivity contribution < 1.29 is 4.79 Å². The molecule has 2 aliphatic rings. The summed E-state index contributed by atoms with van der Waals surface area (Å²) in [6, 6.07) is 1.15. The topological polar surface area (TPSA) is 50.2 Å². The van der Waals surface area contributed by atoms with Crippen molar-refractivity contribution in [2.24, 2.45) is 0 Å². The number of nitrogens with one attached hydrogen (secondary N) is 1. The zero-order valence-electron chi connectivity index (χ0n) is 16.2. The van der Waals surface area contributed by atoms with Gasteiger partial charge in [-0.1, -0.05) is 32.6 Å². The van der Waals surface area contributed by atoms with Crippen LogP contribution in [0.3, 0.4) is 0 Å². The average Bonchev–Trinajstić information content (AvgIpc) is 2.77. The van der Waals surface area contributed by atoms with Gasteiger partial charge in [-0.25, -0.2) is 0 Å². The van der Waals surface area contributed by atoms with Crippen molar-refractivity contribution in [2.45, 2.75) is 89.8 Å². The summed E-state index contributed by atoms with van der Waals surface area (Å²) in [4.78, 5) is 14.3. The normalized spacial score (nSPS) is 21.6. The van der Waals surface area contributed by atoms with Crippen LogP contribution in [0.1, 0.15) is 80.0 Å². The second-order valence-electron chi connectivity index (χ2n) is 7.99. The highest BCUT2D eigenvalue weighted by molar-refractivity contribution is 5.93. The minimum absolute atomic E-state index is 0.0428. The van der Waals surface area contributed by atoms with Crippen molar-refractivity contribution in [3.63, 3.8) is 0 Å². The molecule has 0 unspecified atom stereocenters. The lowest BCUT2D eigenvalue weighted by molar-refractivity contribution is 0.0819. The number of fused-ring (bicyclic) bond motifs is 1. The summed E-state index contributed by atoms with van der Waals surface area (Å²) in [6.07, 6.45) is 12.3. The third-order valence-electron chi connectivity index (χ3n) is 5.72. The highest BCUT2D eigenvalue weighted by Crippen LogP contribution is 2.27. The molecule has 1 N–H and O–H groups in total. The first-order valence-corrected chi connectivity index (χ1v) is 10.2. The first-order valence-electron chi connectivity index (χ1n) is 10.2. The van der Waals surface area contributed by atoms with E-state index in [9.17, 15) is 4.79 Å². The van der Waals surface area contributed by atoms with Gasteiger partial charge < -0.3 is 10.2 Å². The molecule has 3 rings (SSSR count). The van der Waals surface area contributed by atoms with Crippen LogP contribution in [-0.4, -0.2) is 46.8 Å². The predicted octanol–water partition coefficient (Wildman–Crippen LogP) is 3.16. The molecule has 0 aliphatic heterocycles. The quantitative estimate of drug-likeness (QED) is 0.833. The maximum Gasteiger partial charge on any atom is 0.274 e. The zero-order chi connectivity index (χ0) is 17.8. The van der Waals surface area contributed by atoms with E-state index >= 15 is 0 Å². The molecule has 0 saturated heterocycles. The number of aromatic nitrogens is 2. The standard InChI is InChI=1S/C20H34N4O/c1-4-13-24-18-12-11-16(21-15-9-7-5-6-8-10-15)14-17(18)19(22-24)20(25)23(2)3/h15-16,21H,4-14H2,1-3H3/t16-/m0/s1. The van der Waals surface area contributed by atoms with Crippen LogP contribution in [0.15, 0.2) is 0 Å². The van der Waals surface area contributed by atoms with Crippen molar-refractivity contribution in [1.82, 2.24) is 20.0 Å². The van der Waals surface area contributed by atoms with Gasteiger partial charge in [0.2, 0.25) is 0 Å². The highest BCUT2D eigenvalue weighted by Gasteiger charge is 2.30. The molecule has 25 heavy (non-hydrogen) atoms. The van der Waals surface area contributed by atoms with Gasteiger partial charge in [0.25, 0.3) is 5.91 Å². The van der Waals surface area contributed by atoms with E-state index in [1.165, 1.54) is 49.8 Å². The summed E-state index contributed by atoms with van der Waals surface area (Å²) >= 11 is 0. The molecule has 0 aromatic carbocycles. The number of aryl methyl sites for hydroxylation is 1. The van der Waals surface area contributed by atoms with Gasteiger partial charge in [-0.05, 0) is 38.5 Å². The molecule has 1 aromatic heterocycles. The molecule has 0 bridgehead atoms. The Bertz CT molecular complexity index is 585. The zero-order valence-corrected chi connectivity index (χ0v) is 16.2. The molecule has 5 nitrogen and oxygen atoms in total. The first kappa shape index (κ1) is 18.4. The Kier molecular flexibility index (Phi) is 6.15. The molecule has 140 valence electrons. The Morgan fingerprint density at radius 3 is 2.52 bits per heavy atom. The molecule has 5 heteroatoms. The molecular weight excluding hydrogens is 312 g/mol. The van der Waals surface area contributed by atoms with Gasteiger partial charge in [-0.2, -0.15) is 5.10 Å². The minimum atomic E-state index is 0.0428. The number of hydrogen-bond donors (Lipinski definition) is 1. The van der Waals surface area contributed by atoms with Crippen molar-refractivity contribution in [2.75, 3.05) is 14.1 Å². The van der Waals surface area contributed by atoms with Gasteiger partial charge in [0.05, 0.1) is 0 Å². The maximum atomic E-state index is 12.6. The SMILES string of the molecule is CCCn1nc(C(=O)N(C)C)c2c1CC[C@H](NC1CCCCCC1)C2. The lowest BCUT2D eigenvalue weighted by Gasteiger charge is -2.29. The van der Waals surface area contributed by atoms with E-state index in [4.69, 9.17) is 5.10 Å². The molecule has 1 aromatic rings.